The van der Waals surface area contributed by atoms with E-state index in [1.807, 2.05) is 6.92 Å². The molecule has 0 radical (unpaired) electrons. The molecule has 1 N–H and O–H groups in total. The van der Waals surface area contributed by atoms with Gasteiger partial charge in [0.2, 0.25) is 0 Å². The molecule has 0 bridgehead atoms. The van der Waals surface area contributed by atoms with Gasteiger partial charge >= 0.3 is 0 Å². The molecule has 0 saturated heterocycles. The Hall–Kier alpha value is -1.99. The molecule has 8 heteroatoms. The fraction of sp³-hybridized carbons (Fsp3) is 0.0833. The summed E-state index contributed by atoms with van der Waals surface area (Å²) < 4.78 is 12.5. The fourth-order valence-corrected chi connectivity index (χ4v) is 3.46. The molecule has 0 fully saturated rings. The van der Waals surface area contributed by atoms with Gasteiger partial charge in [-0.05, 0) is 24.6 Å². The molecule has 0 saturated carbocycles. The second-order valence-electron chi connectivity index (χ2n) is 4.24. The van der Waals surface area contributed by atoms with Crippen molar-refractivity contribution in [3.63, 3.8) is 0 Å². The lowest BCUT2D eigenvalue weighted by molar-refractivity contribution is -0.385. The summed E-state index contributed by atoms with van der Waals surface area (Å²) in [6.45, 7) is 1.81. The van der Waals surface area contributed by atoms with Crippen LogP contribution in [0.15, 0.2) is 34.2 Å². The van der Waals surface area contributed by atoms with Crippen molar-refractivity contribution in [1.82, 2.24) is 4.98 Å². The minimum Gasteiger partial charge on any atom is -0.338 e. The van der Waals surface area contributed by atoms with E-state index >= 15 is 0 Å². The Balaban J connectivity index is 2.20. The Labute approximate surface area is 121 Å². The zero-order valence-electron chi connectivity index (χ0n) is 10.2. The van der Waals surface area contributed by atoms with Gasteiger partial charge in [-0.2, -0.15) is 0 Å². The molecule has 2 aromatic rings. The summed E-state index contributed by atoms with van der Waals surface area (Å²) in [6, 6.07) is 4.58. The van der Waals surface area contributed by atoms with Gasteiger partial charge in [-0.1, -0.05) is 11.6 Å². The first-order valence-electron chi connectivity index (χ1n) is 5.61. The number of nitrogens with one attached hydrogen (secondary N) is 1. The van der Waals surface area contributed by atoms with E-state index < -0.39 is 15.7 Å². The van der Waals surface area contributed by atoms with Crippen LogP contribution in [0.3, 0.4) is 0 Å². The van der Waals surface area contributed by atoms with E-state index in [0.717, 1.165) is 11.8 Å². The Kier molecular flexibility index (Phi) is 2.95. The molecule has 1 aliphatic rings. The fourth-order valence-electron chi connectivity index (χ4n) is 1.98. The van der Waals surface area contributed by atoms with E-state index in [4.69, 9.17) is 11.6 Å². The minimum absolute atomic E-state index is 0.187. The van der Waals surface area contributed by atoms with Gasteiger partial charge in [0, 0.05) is 11.1 Å². The molecular formula is C12H8ClN3O3S. The minimum atomic E-state index is -1.52. The molecule has 3 rings (SSSR count). The lowest BCUT2D eigenvalue weighted by Gasteiger charge is -2.21. The number of aromatic nitrogens is 1. The van der Waals surface area contributed by atoms with Crippen LogP contribution in [-0.2, 0) is 10.8 Å². The maximum Gasteiger partial charge on any atom is 0.288 e. The topological polar surface area (TPSA) is 85.1 Å². The Bertz CT molecular complexity index is 779. The lowest BCUT2D eigenvalue weighted by Crippen LogP contribution is -2.12. The summed E-state index contributed by atoms with van der Waals surface area (Å²) in [5.41, 5.74) is 1.22. The van der Waals surface area contributed by atoms with Gasteiger partial charge in [0.25, 0.3) is 5.69 Å². The highest BCUT2D eigenvalue weighted by molar-refractivity contribution is 7.85. The number of rotatable bonds is 1. The van der Waals surface area contributed by atoms with Crippen LogP contribution in [0, 0.1) is 17.0 Å². The number of hydrogen-bond donors (Lipinski definition) is 1. The van der Waals surface area contributed by atoms with E-state index in [-0.39, 0.29) is 5.69 Å². The van der Waals surface area contributed by atoms with E-state index in [9.17, 15) is 14.3 Å². The largest absolute Gasteiger partial charge is 0.338 e. The van der Waals surface area contributed by atoms with Gasteiger partial charge in [0.15, 0.2) is 0 Å². The molecule has 102 valence electrons. The van der Waals surface area contributed by atoms with Gasteiger partial charge < -0.3 is 5.32 Å². The maximum absolute atomic E-state index is 12.5. The zero-order valence-corrected chi connectivity index (χ0v) is 11.8. The molecule has 1 aromatic heterocycles. The van der Waals surface area contributed by atoms with Crippen LogP contribution in [-0.4, -0.2) is 14.1 Å². The molecule has 1 aromatic carbocycles. The molecule has 0 spiro atoms. The number of nitro groups is 1. The summed E-state index contributed by atoms with van der Waals surface area (Å²) in [5.74, 6) is 0.354. The first-order chi connectivity index (χ1) is 9.49. The summed E-state index contributed by atoms with van der Waals surface area (Å²) in [5, 5.41) is 14.4. The summed E-state index contributed by atoms with van der Waals surface area (Å²) in [6.07, 6.45) is 1.13. The average molecular weight is 310 g/mol. The summed E-state index contributed by atoms with van der Waals surface area (Å²) in [7, 11) is -1.52. The monoisotopic (exact) mass is 309 g/mol. The van der Waals surface area contributed by atoms with E-state index in [1.165, 1.54) is 6.07 Å². The van der Waals surface area contributed by atoms with Crippen LogP contribution in [0.2, 0.25) is 5.02 Å². The molecule has 1 unspecified atom stereocenters. The number of halogens is 1. The van der Waals surface area contributed by atoms with Gasteiger partial charge in [-0.15, -0.1) is 0 Å². The third-order valence-corrected chi connectivity index (χ3v) is 4.91. The SMILES string of the molecule is Cc1c(Cl)ccc2c1Nc1ncc([N+](=O)[O-])cc1S2=O. The van der Waals surface area contributed by atoms with Gasteiger partial charge in [-0.3, -0.25) is 10.1 Å². The van der Waals surface area contributed by atoms with Crippen molar-refractivity contribution < 1.29 is 9.13 Å². The van der Waals surface area contributed by atoms with Crippen molar-refractivity contribution in [3.8, 4) is 0 Å². The van der Waals surface area contributed by atoms with Crippen molar-refractivity contribution in [2.45, 2.75) is 16.7 Å². The van der Waals surface area contributed by atoms with E-state index in [1.54, 1.807) is 12.1 Å². The first-order valence-corrected chi connectivity index (χ1v) is 7.14. The highest BCUT2D eigenvalue weighted by Gasteiger charge is 2.27. The molecule has 2 heterocycles. The number of anilines is 2. The summed E-state index contributed by atoms with van der Waals surface area (Å²) in [4.78, 5) is 15.0. The van der Waals surface area contributed by atoms with Gasteiger partial charge in [-0.25, -0.2) is 9.19 Å². The highest BCUT2D eigenvalue weighted by atomic mass is 35.5. The Morgan fingerprint density at radius 2 is 2.15 bits per heavy atom. The van der Waals surface area contributed by atoms with Crippen molar-refractivity contribution in [1.29, 1.82) is 0 Å². The lowest BCUT2D eigenvalue weighted by atomic mass is 10.2. The maximum atomic E-state index is 12.5. The second kappa shape index (κ2) is 4.53. The van der Waals surface area contributed by atoms with Crippen LogP contribution in [0.25, 0.3) is 0 Å². The van der Waals surface area contributed by atoms with Gasteiger partial charge in [0.05, 0.1) is 31.2 Å². The third-order valence-electron chi connectivity index (χ3n) is 3.05. The zero-order chi connectivity index (χ0) is 14.4. The second-order valence-corrected chi connectivity index (χ2v) is 6.06. The van der Waals surface area contributed by atoms with E-state index in [2.05, 4.69) is 10.3 Å². The number of benzene rings is 1. The predicted molar refractivity (Wildman–Crippen MR) is 75.0 cm³/mol. The molecule has 6 nitrogen and oxygen atoms in total. The number of pyridine rings is 1. The van der Waals surface area contributed by atoms with Crippen LogP contribution in [0.5, 0.6) is 0 Å². The highest BCUT2D eigenvalue weighted by Crippen LogP contribution is 2.40. The van der Waals surface area contributed by atoms with Crippen LogP contribution in [0.1, 0.15) is 5.56 Å². The third kappa shape index (κ3) is 1.86. The molecule has 1 atom stereocenters. The standard InChI is InChI=1S/C12H8ClN3O3S/c1-6-8(13)2-3-9-11(6)15-12-10(20(9)19)4-7(5-14-12)16(17)18/h2-5H,1H3,(H,14,15). The molecule has 20 heavy (non-hydrogen) atoms. The van der Waals surface area contributed by atoms with Crippen LogP contribution in [0.4, 0.5) is 17.2 Å². The molecule has 0 amide bonds. The first kappa shape index (κ1) is 13.0. The molecular weight excluding hydrogens is 302 g/mol. The van der Waals surface area contributed by atoms with Gasteiger partial charge in [0.1, 0.15) is 12.0 Å². The van der Waals surface area contributed by atoms with Crippen molar-refractivity contribution >= 4 is 39.6 Å². The summed E-state index contributed by atoms with van der Waals surface area (Å²) >= 11 is 6.04. The quantitative estimate of drug-likeness (QED) is 0.551. The van der Waals surface area contributed by atoms with E-state index in [0.29, 0.717) is 26.3 Å². The molecule has 1 aliphatic heterocycles. The van der Waals surface area contributed by atoms with Crippen LogP contribution < -0.4 is 5.32 Å². The smallest absolute Gasteiger partial charge is 0.288 e. The van der Waals surface area contributed by atoms with Crippen molar-refractivity contribution in [3.05, 3.63) is 45.1 Å². The van der Waals surface area contributed by atoms with Crippen molar-refractivity contribution in [2.24, 2.45) is 0 Å². The number of nitrogens with zero attached hydrogens (tertiary/aromatic N) is 2. The normalized spacial score (nSPS) is 16.0. The molecule has 0 aliphatic carbocycles. The number of fused-ring (bicyclic) bond motifs is 2. The van der Waals surface area contributed by atoms with Crippen molar-refractivity contribution in [2.75, 3.05) is 5.32 Å². The average Bonchev–Trinajstić information content (AvgIpc) is 2.43. The predicted octanol–water partition coefficient (Wildman–Crippen LogP) is 3.18. The Morgan fingerprint density at radius 1 is 1.40 bits per heavy atom. The number of hydrogen-bond acceptors (Lipinski definition) is 5. The van der Waals surface area contributed by atoms with Crippen LogP contribution >= 0.6 is 11.6 Å². The Morgan fingerprint density at radius 3 is 2.85 bits per heavy atom.